The Bertz CT molecular complexity index is 382. The van der Waals surface area contributed by atoms with E-state index in [0.29, 0.717) is 18.8 Å². The molecular formula is C12H24O3SSi. The molecule has 0 amide bonds. The van der Waals surface area contributed by atoms with Crippen molar-refractivity contribution in [2.45, 2.75) is 52.4 Å². The summed E-state index contributed by atoms with van der Waals surface area (Å²) in [6, 6.07) is 0. The van der Waals surface area contributed by atoms with E-state index >= 15 is 0 Å². The zero-order valence-corrected chi connectivity index (χ0v) is 13.5. The fraction of sp³-hybridized carbons (Fsp3) is 0.833. The van der Waals surface area contributed by atoms with Gasteiger partial charge in [-0.1, -0.05) is 33.5 Å². The summed E-state index contributed by atoms with van der Waals surface area (Å²) in [6.45, 7) is 10.6. The zero-order valence-electron chi connectivity index (χ0n) is 11.7. The Kier molecular flexibility index (Phi) is 6.45. The second-order valence-electron chi connectivity index (χ2n) is 5.81. The molecule has 0 aromatic rings. The highest BCUT2D eigenvalue weighted by Gasteiger charge is 2.16. The molecule has 0 aliphatic heterocycles. The van der Waals surface area contributed by atoms with Crippen molar-refractivity contribution in [2.75, 3.05) is 6.26 Å². The lowest BCUT2D eigenvalue weighted by Gasteiger charge is -2.16. The summed E-state index contributed by atoms with van der Waals surface area (Å²) < 4.78 is 27.3. The molecule has 0 fully saturated rings. The number of hydrogen-bond donors (Lipinski definition) is 0. The van der Waals surface area contributed by atoms with Gasteiger partial charge in [0.25, 0.3) is 10.1 Å². The fourth-order valence-corrected chi connectivity index (χ4v) is 2.63. The molecule has 5 heteroatoms. The minimum absolute atomic E-state index is 0.311. The van der Waals surface area contributed by atoms with Gasteiger partial charge >= 0.3 is 0 Å². The summed E-state index contributed by atoms with van der Waals surface area (Å²) in [4.78, 5) is 0. The van der Waals surface area contributed by atoms with Crippen LogP contribution in [0.15, 0.2) is 0 Å². The third-order valence-corrected chi connectivity index (χ3v) is 3.39. The molecule has 0 bridgehead atoms. The van der Waals surface area contributed by atoms with Crippen molar-refractivity contribution in [3.63, 3.8) is 0 Å². The van der Waals surface area contributed by atoms with E-state index in [9.17, 15) is 8.42 Å². The van der Waals surface area contributed by atoms with E-state index in [1.165, 1.54) is 0 Å². The first-order valence-corrected chi connectivity index (χ1v) is 11.2. The predicted octanol–water partition coefficient (Wildman–Crippen LogP) is 2.65. The van der Waals surface area contributed by atoms with E-state index in [-0.39, 0.29) is 6.10 Å². The molecule has 0 heterocycles. The number of rotatable bonds is 5. The van der Waals surface area contributed by atoms with E-state index < -0.39 is 18.2 Å². The van der Waals surface area contributed by atoms with E-state index in [2.05, 4.69) is 31.1 Å². The van der Waals surface area contributed by atoms with Crippen molar-refractivity contribution in [2.24, 2.45) is 5.92 Å². The molecule has 0 rings (SSSR count). The standard InChI is InChI=1S/C12H24O3SSi/c1-11(2)10-12(15-16(3,13)14)8-7-9-17(4,5)6/h11-12H,8,10H2,1-6H3/t12-/m0/s1. The quantitative estimate of drug-likeness (QED) is 0.440. The van der Waals surface area contributed by atoms with Gasteiger partial charge in [0, 0.05) is 6.42 Å². The summed E-state index contributed by atoms with van der Waals surface area (Å²) in [6.07, 6.45) is 1.99. The van der Waals surface area contributed by atoms with Gasteiger partial charge in [0.1, 0.15) is 8.07 Å². The molecule has 0 aromatic heterocycles. The fourth-order valence-electron chi connectivity index (χ4n) is 1.36. The summed E-state index contributed by atoms with van der Waals surface area (Å²) in [7, 11) is -4.78. The topological polar surface area (TPSA) is 43.4 Å². The first-order chi connectivity index (χ1) is 7.49. The van der Waals surface area contributed by atoms with Crippen LogP contribution >= 0.6 is 0 Å². The van der Waals surface area contributed by atoms with Crippen molar-refractivity contribution < 1.29 is 12.6 Å². The summed E-state index contributed by atoms with van der Waals surface area (Å²) in [5.41, 5.74) is 3.23. The molecule has 0 saturated carbocycles. The van der Waals surface area contributed by atoms with Gasteiger partial charge in [-0.15, -0.1) is 11.5 Å². The summed E-state index contributed by atoms with van der Waals surface area (Å²) >= 11 is 0. The molecule has 100 valence electrons. The van der Waals surface area contributed by atoms with Crippen LogP contribution in [0.1, 0.15) is 26.7 Å². The Morgan fingerprint density at radius 2 is 1.76 bits per heavy atom. The van der Waals surface area contributed by atoms with Crippen molar-refractivity contribution in [1.82, 2.24) is 0 Å². The van der Waals surface area contributed by atoms with Crippen LogP contribution in [-0.2, 0) is 14.3 Å². The van der Waals surface area contributed by atoms with E-state index in [1.807, 2.05) is 13.8 Å². The highest BCUT2D eigenvalue weighted by Crippen LogP contribution is 2.13. The summed E-state index contributed by atoms with van der Waals surface area (Å²) in [5.74, 6) is 3.47. The normalized spacial score (nSPS) is 14.3. The molecule has 0 spiro atoms. The second kappa shape index (κ2) is 6.57. The second-order valence-corrected chi connectivity index (χ2v) is 12.2. The van der Waals surface area contributed by atoms with Crippen LogP contribution in [0, 0.1) is 17.4 Å². The van der Waals surface area contributed by atoms with Crippen molar-refractivity contribution in [3.05, 3.63) is 0 Å². The SMILES string of the molecule is CC(C)C[C@H](CC#C[Si](C)(C)C)OS(C)(=O)=O. The van der Waals surface area contributed by atoms with Gasteiger partial charge in [-0.05, 0) is 12.3 Å². The Morgan fingerprint density at radius 3 is 2.12 bits per heavy atom. The van der Waals surface area contributed by atoms with Gasteiger partial charge in [-0.2, -0.15) is 8.42 Å². The van der Waals surface area contributed by atoms with E-state index in [4.69, 9.17) is 4.18 Å². The average molecular weight is 276 g/mol. The van der Waals surface area contributed by atoms with Gasteiger partial charge < -0.3 is 0 Å². The summed E-state index contributed by atoms with van der Waals surface area (Å²) in [5, 5.41) is 0. The molecule has 0 radical (unpaired) electrons. The minimum atomic E-state index is -3.39. The lowest BCUT2D eigenvalue weighted by Crippen LogP contribution is -2.20. The van der Waals surface area contributed by atoms with Gasteiger partial charge in [0.05, 0.1) is 12.4 Å². The Morgan fingerprint density at radius 1 is 1.24 bits per heavy atom. The number of hydrogen-bond acceptors (Lipinski definition) is 3. The Balaban J connectivity index is 4.54. The maximum Gasteiger partial charge on any atom is 0.264 e. The Hall–Kier alpha value is -0.313. The highest BCUT2D eigenvalue weighted by molar-refractivity contribution is 7.86. The third kappa shape index (κ3) is 11.9. The first-order valence-electron chi connectivity index (χ1n) is 5.88. The van der Waals surface area contributed by atoms with Gasteiger partial charge in [0.15, 0.2) is 0 Å². The maximum absolute atomic E-state index is 11.1. The first kappa shape index (κ1) is 16.7. The largest absolute Gasteiger partial charge is 0.266 e. The van der Waals surface area contributed by atoms with Gasteiger partial charge in [-0.25, -0.2) is 0 Å². The van der Waals surface area contributed by atoms with Crippen LogP contribution in [0.25, 0.3) is 0 Å². The van der Waals surface area contributed by atoms with Crippen molar-refractivity contribution in [3.8, 4) is 11.5 Å². The molecule has 0 N–H and O–H groups in total. The van der Waals surface area contributed by atoms with Crippen LogP contribution in [0.5, 0.6) is 0 Å². The average Bonchev–Trinajstić information content (AvgIpc) is 1.95. The monoisotopic (exact) mass is 276 g/mol. The van der Waals surface area contributed by atoms with Crippen molar-refractivity contribution >= 4 is 18.2 Å². The predicted molar refractivity (Wildman–Crippen MR) is 74.9 cm³/mol. The van der Waals surface area contributed by atoms with Gasteiger partial charge in [0.2, 0.25) is 0 Å². The highest BCUT2D eigenvalue weighted by atomic mass is 32.2. The molecule has 0 aliphatic rings. The lowest BCUT2D eigenvalue weighted by atomic mass is 10.0. The lowest BCUT2D eigenvalue weighted by molar-refractivity contribution is 0.189. The maximum atomic E-state index is 11.1. The van der Waals surface area contributed by atoms with E-state index in [0.717, 1.165) is 6.26 Å². The Labute approximate surface area is 107 Å². The van der Waals surface area contributed by atoms with Gasteiger partial charge in [-0.3, -0.25) is 4.18 Å². The molecule has 0 unspecified atom stereocenters. The van der Waals surface area contributed by atoms with Crippen LogP contribution in [-0.4, -0.2) is 28.9 Å². The minimum Gasteiger partial charge on any atom is -0.266 e. The van der Waals surface area contributed by atoms with Crippen LogP contribution < -0.4 is 0 Å². The molecule has 17 heavy (non-hydrogen) atoms. The molecule has 0 aromatic carbocycles. The van der Waals surface area contributed by atoms with Crippen LogP contribution in [0.3, 0.4) is 0 Å². The van der Waals surface area contributed by atoms with E-state index in [1.54, 1.807) is 0 Å². The molecule has 3 nitrogen and oxygen atoms in total. The molecule has 1 atom stereocenters. The molecule has 0 saturated heterocycles. The van der Waals surface area contributed by atoms with Crippen LogP contribution in [0.2, 0.25) is 19.6 Å². The smallest absolute Gasteiger partial charge is 0.264 e. The zero-order chi connectivity index (χ0) is 13.7. The third-order valence-electron chi connectivity index (χ3n) is 1.84. The van der Waals surface area contributed by atoms with Crippen molar-refractivity contribution in [1.29, 1.82) is 0 Å². The molecular weight excluding hydrogens is 252 g/mol. The van der Waals surface area contributed by atoms with Crippen LogP contribution in [0.4, 0.5) is 0 Å². The molecule has 0 aliphatic carbocycles.